The Hall–Kier alpha value is -3.12. The molecule has 0 saturated heterocycles. The summed E-state index contributed by atoms with van der Waals surface area (Å²) in [6, 6.07) is 19.8. The first-order valence-corrected chi connectivity index (χ1v) is 11.9. The van der Waals surface area contributed by atoms with Gasteiger partial charge in [0, 0.05) is 23.2 Å². The van der Waals surface area contributed by atoms with Crippen LogP contribution in [-0.4, -0.2) is 34.3 Å². The van der Waals surface area contributed by atoms with Crippen LogP contribution in [-0.2, 0) is 17.9 Å². The van der Waals surface area contributed by atoms with E-state index in [1.165, 1.54) is 0 Å². The molecule has 0 atom stereocenters. The molecule has 0 radical (unpaired) electrons. The van der Waals surface area contributed by atoms with Crippen LogP contribution in [0.25, 0.3) is 0 Å². The van der Waals surface area contributed by atoms with Gasteiger partial charge in [0.25, 0.3) is 0 Å². The van der Waals surface area contributed by atoms with Crippen LogP contribution in [0.5, 0.6) is 0 Å². The monoisotopic (exact) mass is 447 g/mol. The quantitative estimate of drug-likeness (QED) is 0.489. The number of hydrogen-bond donors (Lipinski definition) is 1. The van der Waals surface area contributed by atoms with Gasteiger partial charge >= 0.3 is 6.03 Å². The fourth-order valence-electron chi connectivity index (χ4n) is 3.70. The summed E-state index contributed by atoms with van der Waals surface area (Å²) in [6.07, 6.45) is 1.88. The molecule has 3 aromatic rings. The second-order valence-corrected chi connectivity index (χ2v) is 9.38. The lowest BCUT2D eigenvalue weighted by Crippen LogP contribution is -2.45. The fraction of sp³-hybridized carbons (Fsp3) is 0.308. The second kappa shape index (κ2) is 10.0. The number of hydrogen-bond acceptors (Lipinski definition) is 3. The Bertz CT molecular complexity index is 1060. The van der Waals surface area contributed by atoms with Crippen LogP contribution >= 0.6 is 11.3 Å². The smallest absolute Gasteiger partial charge is 0.322 e. The standard InChI is InChI=1S/C26H29N3O2S/c1-19-8-6-12-24(20(19)2)27-26(31)29(22-13-14-22)18-25(30)28(17-23-11-7-15-32-23)16-21-9-4-3-5-10-21/h3-12,15,22H,13-14,16-18H2,1-2H3,(H,27,31). The molecule has 1 aliphatic rings. The van der Waals surface area contributed by atoms with Gasteiger partial charge in [0.05, 0.1) is 6.54 Å². The normalized spacial score (nSPS) is 12.9. The molecule has 1 aromatic heterocycles. The van der Waals surface area contributed by atoms with Gasteiger partial charge in [-0.15, -0.1) is 11.3 Å². The summed E-state index contributed by atoms with van der Waals surface area (Å²) in [6.45, 7) is 5.18. The van der Waals surface area contributed by atoms with E-state index in [1.807, 2.05) is 84.8 Å². The molecule has 5 nitrogen and oxygen atoms in total. The third-order valence-electron chi connectivity index (χ3n) is 5.90. The first-order valence-electron chi connectivity index (χ1n) is 11.0. The van der Waals surface area contributed by atoms with Crippen molar-refractivity contribution in [1.82, 2.24) is 9.80 Å². The van der Waals surface area contributed by atoms with Gasteiger partial charge in [-0.2, -0.15) is 0 Å². The highest BCUT2D eigenvalue weighted by molar-refractivity contribution is 7.09. The summed E-state index contributed by atoms with van der Waals surface area (Å²) < 4.78 is 0. The summed E-state index contributed by atoms with van der Waals surface area (Å²) in [7, 11) is 0. The van der Waals surface area contributed by atoms with Crippen molar-refractivity contribution >= 4 is 29.0 Å². The number of benzene rings is 2. The minimum absolute atomic E-state index is 0.0368. The second-order valence-electron chi connectivity index (χ2n) is 8.35. The van der Waals surface area contributed by atoms with Crippen molar-refractivity contribution in [1.29, 1.82) is 0 Å². The molecule has 1 aliphatic carbocycles. The molecule has 166 valence electrons. The highest BCUT2D eigenvalue weighted by Gasteiger charge is 2.35. The van der Waals surface area contributed by atoms with Gasteiger partial charge in [-0.25, -0.2) is 4.79 Å². The molecule has 1 fully saturated rings. The lowest BCUT2D eigenvalue weighted by Gasteiger charge is -2.28. The number of amides is 3. The summed E-state index contributed by atoms with van der Waals surface area (Å²) in [5.74, 6) is -0.0368. The molecule has 0 spiro atoms. The number of nitrogens with zero attached hydrogens (tertiary/aromatic N) is 2. The summed E-state index contributed by atoms with van der Waals surface area (Å²) >= 11 is 1.64. The summed E-state index contributed by atoms with van der Waals surface area (Å²) in [4.78, 5) is 31.2. The molecule has 3 amide bonds. The fourth-order valence-corrected chi connectivity index (χ4v) is 4.42. The van der Waals surface area contributed by atoms with Crippen LogP contribution in [0.3, 0.4) is 0 Å². The Labute approximate surface area is 193 Å². The lowest BCUT2D eigenvalue weighted by molar-refractivity contribution is -0.133. The Morgan fingerprint density at radius 2 is 1.75 bits per heavy atom. The van der Waals surface area contributed by atoms with Crippen LogP contribution in [0.1, 0.15) is 34.4 Å². The minimum atomic E-state index is -0.203. The molecule has 0 unspecified atom stereocenters. The van der Waals surface area contributed by atoms with E-state index < -0.39 is 0 Å². The molecule has 6 heteroatoms. The van der Waals surface area contributed by atoms with Crippen molar-refractivity contribution in [3.63, 3.8) is 0 Å². The first kappa shape index (κ1) is 22.1. The summed E-state index contributed by atoms with van der Waals surface area (Å²) in [5, 5.41) is 5.05. The van der Waals surface area contributed by atoms with Crippen molar-refractivity contribution in [2.45, 2.75) is 45.8 Å². The Morgan fingerprint density at radius 1 is 0.969 bits per heavy atom. The van der Waals surface area contributed by atoms with Crippen LogP contribution in [0.2, 0.25) is 0 Å². The lowest BCUT2D eigenvalue weighted by atomic mass is 10.1. The van der Waals surface area contributed by atoms with Gasteiger partial charge in [-0.05, 0) is 60.9 Å². The number of urea groups is 1. The maximum Gasteiger partial charge on any atom is 0.322 e. The molecule has 1 saturated carbocycles. The number of aryl methyl sites for hydroxylation is 1. The van der Waals surface area contributed by atoms with E-state index in [0.717, 1.165) is 40.1 Å². The molecule has 1 N–H and O–H groups in total. The average Bonchev–Trinajstić information content (AvgIpc) is 3.50. The SMILES string of the molecule is Cc1cccc(NC(=O)N(CC(=O)N(Cc2ccccc2)Cc2cccs2)C2CC2)c1C. The van der Waals surface area contributed by atoms with Gasteiger partial charge < -0.3 is 15.1 Å². The van der Waals surface area contributed by atoms with E-state index in [1.54, 1.807) is 16.2 Å². The molecular weight excluding hydrogens is 418 g/mol. The molecule has 32 heavy (non-hydrogen) atoms. The van der Waals surface area contributed by atoms with Crippen molar-refractivity contribution < 1.29 is 9.59 Å². The van der Waals surface area contributed by atoms with Crippen molar-refractivity contribution in [2.75, 3.05) is 11.9 Å². The van der Waals surface area contributed by atoms with Gasteiger partial charge in [-0.1, -0.05) is 48.5 Å². The maximum absolute atomic E-state index is 13.4. The Kier molecular flexibility index (Phi) is 6.90. The van der Waals surface area contributed by atoms with Crippen molar-refractivity contribution in [3.05, 3.63) is 87.6 Å². The van der Waals surface area contributed by atoms with Crippen LogP contribution in [0.15, 0.2) is 66.0 Å². The zero-order chi connectivity index (χ0) is 22.5. The topological polar surface area (TPSA) is 52.7 Å². The van der Waals surface area contributed by atoms with E-state index in [0.29, 0.717) is 13.1 Å². The van der Waals surface area contributed by atoms with E-state index in [4.69, 9.17) is 0 Å². The zero-order valence-corrected chi connectivity index (χ0v) is 19.4. The van der Waals surface area contributed by atoms with Gasteiger partial charge in [0.2, 0.25) is 5.91 Å². The van der Waals surface area contributed by atoms with Gasteiger partial charge in [0.1, 0.15) is 6.54 Å². The zero-order valence-electron chi connectivity index (χ0n) is 18.6. The highest BCUT2D eigenvalue weighted by atomic mass is 32.1. The van der Waals surface area contributed by atoms with Gasteiger partial charge in [0.15, 0.2) is 0 Å². The molecule has 1 heterocycles. The van der Waals surface area contributed by atoms with Crippen molar-refractivity contribution in [2.24, 2.45) is 0 Å². The molecule has 4 rings (SSSR count). The predicted octanol–water partition coefficient (Wildman–Crippen LogP) is 5.59. The van der Waals surface area contributed by atoms with E-state index in [9.17, 15) is 9.59 Å². The van der Waals surface area contributed by atoms with Crippen molar-refractivity contribution in [3.8, 4) is 0 Å². The molecule has 0 aliphatic heterocycles. The Morgan fingerprint density at radius 3 is 2.44 bits per heavy atom. The number of carbonyl (C=O) groups is 2. The number of anilines is 1. The number of carbonyl (C=O) groups excluding carboxylic acids is 2. The molecular formula is C26H29N3O2S. The largest absolute Gasteiger partial charge is 0.332 e. The first-order chi connectivity index (χ1) is 15.5. The van der Waals surface area contributed by atoms with E-state index in [-0.39, 0.29) is 24.5 Å². The average molecular weight is 448 g/mol. The summed E-state index contributed by atoms with van der Waals surface area (Å²) in [5.41, 5.74) is 4.05. The maximum atomic E-state index is 13.4. The Balaban J connectivity index is 1.49. The number of nitrogens with one attached hydrogen (secondary N) is 1. The molecule has 2 aromatic carbocycles. The van der Waals surface area contributed by atoms with Gasteiger partial charge in [-0.3, -0.25) is 4.79 Å². The van der Waals surface area contributed by atoms with Crippen LogP contribution in [0.4, 0.5) is 10.5 Å². The molecule has 0 bridgehead atoms. The van der Waals surface area contributed by atoms with Crippen LogP contribution < -0.4 is 5.32 Å². The highest BCUT2D eigenvalue weighted by Crippen LogP contribution is 2.28. The number of rotatable bonds is 8. The third kappa shape index (κ3) is 5.56. The number of thiophene rings is 1. The van der Waals surface area contributed by atoms with Crippen LogP contribution in [0, 0.1) is 13.8 Å². The van der Waals surface area contributed by atoms with E-state index in [2.05, 4.69) is 5.32 Å². The predicted molar refractivity (Wildman–Crippen MR) is 130 cm³/mol. The third-order valence-corrected chi connectivity index (χ3v) is 6.76. The van der Waals surface area contributed by atoms with E-state index >= 15 is 0 Å². The minimum Gasteiger partial charge on any atom is -0.332 e.